The van der Waals surface area contributed by atoms with Gasteiger partial charge in [0.1, 0.15) is 0 Å². The van der Waals surface area contributed by atoms with Gasteiger partial charge in [-0.15, -0.1) is 0 Å². The minimum absolute atomic E-state index is 0.447. The molecule has 92 valence electrons. The van der Waals surface area contributed by atoms with E-state index in [1.165, 1.54) is 19.3 Å². The fraction of sp³-hybridized carbons (Fsp3) is 1.00. The molecule has 1 N–H and O–H groups in total. The first-order chi connectivity index (χ1) is 6.91. The third-order valence-corrected chi connectivity index (χ3v) is 4.09. The first-order valence-electron chi connectivity index (χ1n) is 6.58. The quantitative estimate of drug-likeness (QED) is 0.672. The predicted molar refractivity (Wildman–Crippen MR) is 70.2 cm³/mol. The van der Waals surface area contributed by atoms with Crippen LogP contribution in [0.4, 0.5) is 0 Å². The van der Waals surface area contributed by atoms with E-state index in [0.29, 0.717) is 11.5 Å². The van der Waals surface area contributed by atoms with Crippen LogP contribution in [0.25, 0.3) is 0 Å². The Morgan fingerprint density at radius 1 is 1.07 bits per heavy atom. The van der Waals surface area contributed by atoms with Crippen molar-refractivity contribution in [3.8, 4) is 0 Å². The van der Waals surface area contributed by atoms with Crippen molar-refractivity contribution >= 4 is 0 Å². The fourth-order valence-corrected chi connectivity index (χ4v) is 2.89. The van der Waals surface area contributed by atoms with Crippen molar-refractivity contribution in [3.63, 3.8) is 0 Å². The standard InChI is InChI=1S/C14H31N/c1-8-14(6,9-2)13(15-7)12(5)10-11(3)4/h11-13,15H,8-10H2,1-7H3. The van der Waals surface area contributed by atoms with Crippen LogP contribution in [0.2, 0.25) is 0 Å². The number of hydrogen-bond donors (Lipinski definition) is 1. The maximum atomic E-state index is 3.55. The monoisotopic (exact) mass is 213 g/mol. The van der Waals surface area contributed by atoms with Gasteiger partial charge in [-0.25, -0.2) is 0 Å². The van der Waals surface area contributed by atoms with Gasteiger partial charge < -0.3 is 5.32 Å². The number of hydrogen-bond acceptors (Lipinski definition) is 1. The molecular weight excluding hydrogens is 182 g/mol. The van der Waals surface area contributed by atoms with Crippen LogP contribution in [0, 0.1) is 17.3 Å². The highest BCUT2D eigenvalue weighted by atomic mass is 14.9. The SMILES string of the molecule is CCC(C)(CC)C(NC)C(C)CC(C)C. The van der Waals surface area contributed by atoms with E-state index in [0.717, 1.165) is 11.8 Å². The summed E-state index contributed by atoms with van der Waals surface area (Å²) in [5.41, 5.74) is 0.447. The van der Waals surface area contributed by atoms with Gasteiger partial charge in [-0.05, 0) is 43.6 Å². The first-order valence-corrected chi connectivity index (χ1v) is 6.58. The Morgan fingerprint density at radius 2 is 1.53 bits per heavy atom. The molecule has 15 heavy (non-hydrogen) atoms. The van der Waals surface area contributed by atoms with Crippen molar-refractivity contribution in [2.75, 3.05) is 7.05 Å². The van der Waals surface area contributed by atoms with Crippen LogP contribution >= 0.6 is 0 Å². The number of nitrogens with one attached hydrogen (secondary N) is 1. The molecule has 0 amide bonds. The normalized spacial score (nSPS) is 16.8. The Bertz CT molecular complexity index is 159. The highest BCUT2D eigenvalue weighted by Crippen LogP contribution is 2.35. The Labute approximate surface area is 97.0 Å². The molecule has 0 fully saturated rings. The van der Waals surface area contributed by atoms with Crippen molar-refractivity contribution in [1.29, 1.82) is 0 Å². The maximum absolute atomic E-state index is 3.55. The molecule has 2 unspecified atom stereocenters. The Kier molecular flexibility index (Phi) is 6.51. The third-order valence-electron chi connectivity index (χ3n) is 4.09. The zero-order valence-electron chi connectivity index (χ0n) is 11.9. The van der Waals surface area contributed by atoms with Crippen LogP contribution in [-0.4, -0.2) is 13.1 Å². The van der Waals surface area contributed by atoms with Gasteiger partial charge >= 0.3 is 0 Å². The smallest absolute Gasteiger partial charge is 0.0143 e. The summed E-state index contributed by atoms with van der Waals surface area (Å²) in [4.78, 5) is 0. The second-order valence-corrected chi connectivity index (χ2v) is 5.73. The van der Waals surface area contributed by atoms with Crippen molar-refractivity contribution in [2.45, 2.75) is 66.8 Å². The zero-order valence-corrected chi connectivity index (χ0v) is 11.9. The van der Waals surface area contributed by atoms with Crippen molar-refractivity contribution in [1.82, 2.24) is 5.32 Å². The fourth-order valence-electron chi connectivity index (χ4n) is 2.89. The summed E-state index contributed by atoms with van der Waals surface area (Å²) >= 11 is 0. The van der Waals surface area contributed by atoms with Crippen molar-refractivity contribution in [3.05, 3.63) is 0 Å². The van der Waals surface area contributed by atoms with Gasteiger partial charge in [-0.3, -0.25) is 0 Å². The second-order valence-electron chi connectivity index (χ2n) is 5.73. The van der Waals surface area contributed by atoms with Crippen LogP contribution in [0.5, 0.6) is 0 Å². The van der Waals surface area contributed by atoms with Crippen molar-refractivity contribution < 1.29 is 0 Å². The molecule has 0 radical (unpaired) electrons. The van der Waals surface area contributed by atoms with Gasteiger partial charge in [-0.2, -0.15) is 0 Å². The van der Waals surface area contributed by atoms with Gasteiger partial charge in [0.2, 0.25) is 0 Å². The van der Waals surface area contributed by atoms with E-state index >= 15 is 0 Å². The molecule has 0 bridgehead atoms. The van der Waals surface area contributed by atoms with Crippen LogP contribution in [0.3, 0.4) is 0 Å². The second kappa shape index (κ2) is 6.52. The lowest BCUT2D eigenvalue weighted by Crippen LogP contribution is -2.46. The molecule has 0 saturated heterocycles. The summed E-state index contributed by atoms with van der Waals surface area (Å²) in [6.45, 7) is 14.1. The first kappa shape index (κ1) is 15.0. The average molecular weight is 213 g/mol. The molecule has 2 atom stereocenters. The Balaban J connectivity index is 4.58. The van der Waals surface area contributed by atoms with E-state index in [2.05, 4.69) is 53.9 Å². The largest absolute Gasteiger partial charge is 0.316 e. The molecular formula is C14H31N. The molecule has 0 rings (SSSR count). The van der Waals surface area contributed by atoms with E-state index in [1.54, 1.807) is 0 Å². The van der Waals surface area contributed by atoms with E-state index in [9.17, 15) is 0 Å². The minimum Gasteiger partial charge on any atom is -0.316 e. The summed E-state index contributed by atoms with van der Waals surface area (Å²) in [5.74, 6) is 1.56. The van der Waals surface area contributed by atoms with Crippen LogP contribution in [-0.2, 0) is 0 Å². The lowest BCUT2D eigenvalue weighted by atomic mass is 9.71. The van der Waals surface area contributed by atoms with Crippen LogP contribution < -0.4 is 5.32 Å². The van der Waals surface area contributed by atoms with Crippen LogP contribution in [0.15, 0.2) is 0 Å². The molecule has 0 saturated carbocycles. The summed E-state index contributed by atoms with van der Waals surface area (Å²) in [6.07, 6.45) is 3.84. The molecule has 1 heteroatoms. The molecule has 0 aliphatic rings. The highest BCUT2D eigenvalue weighted by molar-refractivity contribution is 4.88. The van der Waals surface area contributed by atoms with E-state index in [4.69, 9.17) is 0 Å². The van der Waals surface area contributed by atoms with Gasteiger partial charge in [-0.1, -0.05) is 41.5 Å². The molecule has 0 spiro atoms. The molecule has 0 aliphatic heterocycles. The van der Waals surface area contributed by atoms with Gasteiger partial charge in [0.25, 0.3) is 0 Å². The molecule has 0 aromatic heterocycles. The summed E-state index contributed by atoms with van der Waals surface area (Å²) in [6, 6.07) is 0.648. The minimum atomic E-state index is 0.447. The maximum Gasteiger partial charge on any atom is 0.0143 e. The Morgan fingerprint density at radius 3 is 1.80 bits per heavy atom. The lowest BCUT2D eigenvalue weighted by Gasteiger charge is -2.40. The topological polar surface area (TPSA) is 12.0 Å². The van der Waals surface area contributed by atoms with Crippen molar-refractivity contribution in [2.24, 2.45) is 17.3 Å². The lowest BCUT2D eigenvalue weighted by molar-refractivity contribution is 0.143. The van der Waals surface area contributed by atoms with Gasteiger partial charge in [0, 0.05) is 6.04 Å². The molecule has 0 aromatic rings. The summed E-state index contributed by atoms with van der Waals surface area (Å²) < 4.78 is 0. The highest BCUT2D eigenvalue weighted by Gasteiger charge is 2.33. The van der Waals surface area contributed by atoms with Crippen LogP contribution in [0.1, 0.15) is 60.8 Å². The third kappa shape index (κ3) is 4.14. The summed E-state index contributed by atoms with van der Waals surface area (Å²) in [5, 5.41) is 3.55. The van der Waals surface area contributed by atoms with E-state index < -0.39 is 0 Å². The van der Waals surface area contributed by atoms with Gasteiger partial charge in [0.05, 0.1) is 0 Å². The van der Waals surface area contributed by atoms with E-state index in [-0.39, 0.29) is 0 Å². The molecule has 0 heterocycles. The van der Waals surface area contributed by atoms with E-state index in [1.807, 2.05) is 0 Å². The van der Waals surface area contributed by atoms with Gasteiger partial charge in [0.15, 0.2) is 0 Å². The molecule has 1 nitrogen and oxygen atoms in total. The number of rotatable bonds is 7. The summed E-state index contributed by atoms with van der Waals surface area (Å²) in [7, 11) is 2.12. The Hall–Kier alpha value is -0.0400. The predicted octanol–water partition coefficient (Wildman–Crippen LogP) is 4.08. The average Bonchev–Trinajstić information content (AvgIpc) is 2.17. The molecule has 0 aromatic carbocycles. The zero-order chi connectivity index (χ0) is 12.1. The molecule has 0 aliphatic carbocycles.